The van der Waals surface area contributed by atoms with Crippen LogP contribution in [-0.2, 0) is 4.84 Å². The third kappa shape index (κ3) is 5.49. The number of H-pyrrole nitrogens is 1. The second-order valence-electron chi connectivity index (χ2n) is 11.3. The van der Waals surface area contributed by atoms with Crippen LogP contribution in [0, 0.1) is 0 Å². The molecule has 2 N–H and O–H groups in total. The van der Waals surface area contributed by atoms with Crippen molar-refractivity contribution < 1.29 is 4.84 Å². The summed E-state index contributed by atoms with van der Waals surface area (Å²) >= 11 is 0. The van der Waals surface area contributed by atoms with Crippen LogP contribution in [0.3, 0.4) is 0 Å². The second-order valence-corrected chi connectivity index (χ2v) is 11.3. The Labute approximate surface area is 242 Å². The molecule has 41 heavy (non-hydrogen) atoms. The molecule has 0 bridgehead atoms. The lowest BCUT2D eigenvalue weighted by Gasteiger charge is -2.43. The fourth-order valence-electron chi connectivity index (χ4n) is 6.62. The summed E-state index contributed by atoms with van der Waals surface area (Å²) in [5.74, 6) is 1.33. The number of hydroxylamine groups is 1. The minimum atomic E-state index is 0.112. The first-order valence-electron chi connectivity index (χ1n) is 15.2. The van der Waals surface area contributed by atoms with Gasteiger partial charge in [0, 0.05) is 69.3 Å². The average Bonchev–Trinajstić information content (AvgIpc) is 3.72. The van der Waals surface area contributed by atoms with Gasteiger partial charge in [-0.2, -0.15) is 9.97 Å². The third-order valence-corrected chi connectivity index (χ3v) is 9.02. The van der Waals surface area contributed by atoms with E-state index in [1.165, 1.54) is 56.8 Å². The highest BCUT2D eigenvalue weighted by molar-refractivity contribution is 5.88. The van der Waals surface area contributed by atoms with Gasteiger partial charge in [0.05, 0.1) is 18.0 Å². The maximum Gasteiger partial charge on any atom is 0.231 e. The van der Waals surface area contributed by atoms with Crippen LogP contribution in [0.4, 0.5) is 23.1 Å². The minimum Gasteiger partial charge on any atom is -0.371 e. The molecule has 3 aliphatic heterocycles. The first-order chi connectivity index (χ1) is 20.2. The Bertz CT molecular complexity index is 1430. The van der Waals surface area contributed by atoms with E-state index in [1.54, 1.807) is 0 Å². The van der Waals surface area contributed by atoms with Gasteiger partial charge in [-0.3, -0.25) is 9.74 Å². The first kappa shape index (κ1) is 26.3. The zero-order valence-corrected chi connectivity index (χ0v) is 23.9. The molecule has 2 aromatic carbocycles. The molecule has 9 heteroatoms. The van der Waals surface area contributed by atoms with Crippen molar-refractivity contribution in [2.24, 2.45) is 0 Å². The molecule has 3 aliphatic rings. The van der Waals surface area contributed by atoms with Crippen molar-refractivity contribution in [3.63, 3.8) is 0 Å². The number of nitrogens with zero attached hydrogens (tertiary/aromatic N) is 6. The van der Waals surface area contributed by atoms with Gasteiger partial charge in [-0.1, -0.05) is 37.3 Å². The van der Waals surface area contributed by atoms with Gasteiger partial charge in [0.2, 0.25) is 5.95 Å². The van der Waals surface area contributed by atoms with Crippen LogP contribution in [0.2, 0.25) is 0 Å². The zero-order valence-electron chi connectivity index (χ0n) is 23.9. The summed E-state index contributed by atoms with van der Waals surface area (Å²) in [5, 5.41) is 6.34. The number of aromatic amines is 1. The van der Waals surface area contributed by atoms with Crippen LogP contribution in [0.15, 0.2) is 66.9 Å². The van der Waals surface area contributed by atoms with E-state index in [0.717, 1.165) is 48.1 Å². The number of piperidine rings is 1. The van der Waals surface area contributed by atoms with Gasteiger partial charge in [0.1, 0.15) is 5.65 Å². The van der Waals surface area contributed by atoms with Crippen molar-refractivity contribution in [3.8, 4) is 0 Å². The number of hydrogen-bond acceptors (Lipinski definition) is 8. The van der Waals surface area contributed by atoms with Crippen LogP contribution >= 0.6 is 0 Å². The highest BCUT2D eigenvalue weighted by Gasteiger charge is 2.31. The summed E-state index contributed by atoms with van der Waals surface area (Å²) in [7, 11) is 0. The van der Waals surface area contributed by atoms with Crippen molar-refractivity contribution in [2.75, 3.05) is 67.7 Å². The molecule has 2 aromatic heterocycles. The molecule has 3 fully saturated rings. The largest absolute Gasteiger partial charge is 0.371 e. The van der Waals surface area contributed by atoms with E-state index in [4.69, 9.17) is 14.8 Å². The summed E-state index contributed by atoms with van der Waals surface area (Å²) in [6, 6.07) is 22.0. The quantitative estimate of drug-likeness (QED) is 0.325. The summed E-state index contributed by atoms with van der Waals surface area (Å²) in [5.41, 5.74) is 4.26. The highest BCUT2D eigenvalue weighted by Crippen LogP contribution is 2.37. The molecule has 0 radical (unpaired) electrons. The van der Waals surface area contributed by atoms with Crippen LogP contribution in [-0.4, -0.2) is 83.2 Å². The van der Waals surface area contributed by atoms with Crippen LogP contribution in [0.1, 0.15) is 37.8 Å². The number of aromatic nitrogens is 3. The lowest BCUT2D eigenvalue weighted by molar-refractivity contribution is 0.0878. The van der Waals surface area contributed by atoms with Crippen molar-refractivity contribution >= 4 is 34.2 Å². The van der Waals surface area contributed by atoms with Gasteiger partial charge in [-0.15, -0.1) is 0 Å². The molecular weight excluding hydrogens is 512 g/mol. The highest BCUT2D eigenvalue weighted by atomic mass is 16.7. The number of likely N-dealkylation sites (N-methyl/N-ethyl adjacent to an activating group) is 1. The molecule has 0 saturated carbocycles. The maximum atomic E-state index is 6.12. The Hall–Kier alpha value is -3.66. The Morgan fingerprint density at radius 3 is 2.41 bits per heavy atom. The van der Waals surface area contributed by atoms with Crippen molar-refractivity contribution in [1.29, 1.82) is 0 Å². The van der Waals surface area contributed by atoms with Crippen molar-refractivity contribution in [2.45, 2.75) is 38.3 Å². The molecule has 0 spiro atoms. The molecule has 4 aromatic rings. The molecule has 1 atom stereocenters. The third-order valence-electron chi connectivity index (χ3n) is 9.02. The molecule has 9 nitrogen and oxygen atoms in total. The van der Waals surface area contributed by atoms with E-state index < -0.39 is 0 Å². The lowest BCUT2D eigenvalue weighted by atomic mass is 10.0. The number of nitrogens with one attached hydrogen (secondary N) is 2. The van der Waals surface area contributed by atoms with E-state index >= 15 is 0 Å². The molecule has 3 saturated heterocycles. The molecule has 5 heterocycles. The van der Waals surface area contributed by atoms with Gasteiger partial charge >= 0.3 is 0 Å². The zero-order chi connectivity index (χ0) is 27.6. The van der Waals surface area contributed by atoms with E-state index in [1.807, 2.05) is 23.4 Å². The van der Waals surface area contributed by atoms with E-state index in [2.05, 4.69) is 80.5 Å². The number of piperazine rings is 1. The Kier molecular flexibility index (Phi) is 7.48. The van der Waals surface area contributed by atoms with Gasteiger partial charge in [0.25, 0.3) is 0 Å². The fraction of sp³-hybridized carbons (Fsp3) is 0.438. The fourth-order valence-corrected chi connectivity index (χ4v) is 6.62. The molecular formula is C32H40N8O. The molecule has 0 aliphatic carbocycles. The smallest absolute Gasteiger partial charge is 0.231 e. The van der Waals surface area contributed by atoms with Crippen LogP contribution in [0.25, 0.3) is 11.0 Å². The van der Waals surface area contributed by atoms with Crippen molar-refractivity contribution in [1.82, 2.24) is 24.8 Å². The van der Waals surface area contributed by atoms with Gasteiger partial charge < -0.3 is 20.1 Å². The number of benzene rings is 2. The lowest BCUT2D eigenvalue weighted by Crippen LogP contribution is -2.53. The monoisotopic (exact) mass is 552 g/mol. The average molecular weight is 553 g/mol. The van der Waals surface area contributed by atoms with Gasteiger partial charge in [-0.25, -0.2) is 5.06 Å². The van der Waals surface area contributed by atoms with E-state index in [0.29, 0.717) is 12.6 Å². The topological polar surface area (TPSA) is 75.8 Å². The Morgan fingerprint density at radius 2 is 1.66 bits per heavy atom. The molecule has 0 amide bonds. The Morgan fingerprint density at radius 1 is 0.878 bits per heavy atom. The molecule has 7 rings (SSSR count). The van der Waals surface area contributed by atoms with Crippen molar-refractivity contribution in [3.05, 3.63) is 72.4 Å². The molecule has 0 unspecified atom stereocenters. The van der Waals surface area contributed by atoms with E-state index in [9.17, 15) is 0 Å². The minimum absolute atomic E-state index is 0.112. The summed E-state index contributed by atoms with van der Waals surface area (Å²) < 4.78 is 0. The number of hydrogen-bond donors (Lipinski definition) is 2. The van der Waals surface area contributed by atoms with E-state index in [-0.39, 0.29) is 6.04 Å². The van der Waals surface area contributed by atoms with Gasteiger partial charge in [0.15, 0.2) is 5.82 Å². The molecule has 214 valence electrons. The second kappa shape index (κ2) is 11.7. The maximum absolute atomic E-state index is 6.12. The number of fused-ring (bicyclic) bond motifs is 1. The number of rotatable bonds is 7. The summed E-state index contributed by atoms with van der Waals surface area (Å²) in [4.78, 5) is 26.9. The SMILES string of the molecule is CCN1CCN(C2CCN(c3ccc(Nc4nc(N5OCC[C@H]5c5ccccc5)c5cc[nH]c5n4)cc3)CC2)CC1. The normalized spacial score (nSPS) is 21.1. The summed E-state index contributed by atoms with van der Waals surface area (Å²) in [6.45, 7) is 11.2. The van der Waals surface area contributed by atoms with Crippen LogP contribution < -0.4 is 15.3 Å². The summed E-state index contributed by atoms with van der Waals surface area (Å²) in [6.07, 6.45) is 5.29. The predicted molar refractivity (Wildman–Crippen MR) is 165 cm³/mol. The first-order valence-corrected chi connectivity index (χ1v) is 15.2. The standard InChI is InChI=1S/C32H40N8O/c1-2-37-19-21-39(22-20-37)27-13-17-38(18-14-27)26-10-8-25(9-11-26)34-32-35-30-28(12-16-33-30)31(36-32)40-29(15-23-41-40)24-6-4-3-5-7-24/h3-12,16,27,29H,2,13-15,17-23H2,1H3,(H2,33,34,35,36)/t29-/m0/s1. The van der Waals surface area contributed by atoms with Gasteiger partial charge in [-0.05, 0) is 55.3 Å². The Balaban J connectivity index is 1.02. The number of anilines is 4. The van der Waals surface area contributed by atoms with Crippen LogP contribution in [0.5, 0.6) is 0 Å². The predicted octanol–water partition coefficient (Wildman–Crippen LogP) is 5.19.